The van der Waals surface area contributed by atoms with Gasteiger partial charge in [0.1, 0.15) is 19.0 Å². The van der Waals surface area contributed by atoms with Gasteiger partial charge in [-0.25, -0.2) is 4.98 Å². The van der Waals surface area contributed by atoms with Crippen molar-refractivity contribution in [1.82, 2.24) is 15.1 Å². The van der Waals surface area contributed by atoms with Crippen molar-refractivity contribution in [3.63, 3.8) is 0 Å². The SMILES string of the molecule is Cc1nc(COc2ccc(C(=O)Nc3nc(-c4ccc5c(c4)OCCO5)cs3)cc2)no1. The summed E-state index contributed by atoms with van der Waals surface area (Å²) < 4.78 is 21.7. The van der Waals surface area contributed by atoms with E-state index in [1.807, 2.05) is 23.6 Å². The lowest BCUT2D eigenvalue weighted by molar-refractivity contribution is 0.102. The fourth-order valence-corrected chi connectivity index (χ4v) is 3.80. The second-order valence-corrected chi connectivity index (χ2v) is 7.75. The maximum absolute atomic E-state index is 12.6. The molecule has 0 aliphatic carbocycles. The Bertz CT molecular complexity index is 1250. The molecule has 1 N–H and O–H groups in total. The zero-order valence-electron chi connectivity index (χ0n) is 17.0. The molecule has 0 unspecified atom stereocenters. The third-order valence-electron chi connectivity index (χ3n) is 4.62. The topological polar surface area (TPSA) is 109 Å². The molecule has 0 fully saturated rings. The third kappa shape index (κ3) is 4.40. The summed E-state index contributed by atoms with van der Waals surface area (Å²) in [5.74, 6) is 2.71. The predicted octanol–water partition coefficient (Wildman–Crippen LogP) is 4.10. The lowest BCUT2D eigenvalue weighted by atomic mass is 10.1. The average Bonchev–Trinajstić information content (AvgIpc) is 3.46. The maximum atomic E-state index is 12.6. The summed E-state index contributed by atoms with van der Waals surface area (Å²) in [4.78, 5) is 21.2. The van der Waals surface area contributed by atoms with Gasteiger partial charge in [0.25, 0.3) is 5.91 Å². The monoisotopic (exact) mass is 450 g/mol. The Morgan fingerprint density at radius 3 is 2.69 bits per heavy atom. The van der Waals surface area contributed by atoms with Crippen molar-refractivity contribution in [3.8, 4) is 28.5 Å². The van der Waals surface area contributed by atoms with E-state index in [0.717, 1.165) is 17.0 Å². The first kappa shape index (κ1) is 20.0. The van der Waals surface area contributed by atoms with Gasteiger partial charge in [-0.05, 0) is 42.5 Å². The molecule has 0 spiro atoms. The standard InChI is InChI=1S/C22H18N4O5S/c1-13-23-20(26-31-13)11-30-16-5-2-14(3-6-16)21(27)25-22-24-17(12-32-22)15-4-7-18-19(10-15)29-9-8-28-18/h2-7,10,12H,8-9,11H2,1H3,(H,24,25,27). The summed E-state index contributed by atoms with van der Waals surface area (Å²) >= 11 is 1.35. The van der Waals surface area contributed by atoms with Crippen LogP contribution >= 0.6 is 11.3 Å². The molecule has 4 aromatic rings. The number of carbonyl (C=O) groups is 1. The number of nitrogens with one attached hydrogen (secondary N) is 1. The largest absolute Gasteiger partial charge is 0.486 e. The quantitative estimate of drug-likeness (QED) is 0.468. The highest BCUT2D eigenvalue weighted by Crippen LogP contribution is 2.35. The molecule has 3 heterocycles. The van der Waals surface area contributed by atoms with Gasteiger partial charge in [0.05, 0.1) is 5.69 Å². The lowest BCUT2D eigenvalue weighted by Gasteiger charge is -2.18. The number of fused-ring (bicyclic) bond motifs is 1. The second-order valence-electron chi connectivity index (χ2n) is 6.89. The van der Waals surface area contributed by atoms with Crippen LogP contribution in [0.3, 0.4) is 0 Å². The van der Waals surface area contributed by atoms with Gasteiger partial charge in [-0.1, -0.05) is 5.16 Å². The third-order valence-corrected chi connectivity index (χ3v) is 5.37. The summed E-state index contributed by atoms with van der Waals surface area (Å²) in [6, 6.07) is 12.5. The van der Waals surface area contributed by atoms with Crippen LogP contribution in [0.25, 0.3) is 11.3 Å². The van der Waals surface area contributed by atoms with Crippen LogP contribution in [0.4, 0.5) is 5.13 Å². The molecule has 1 aliphatic rings. The summed E-state index contributed by atoms with van der Waals surface area (Å²) in [6.07, 6.45) is 0. The molecular weight excluding hydrogens is 432 g/mol. The Hall–Kier alpha value is -3.92. The molecule has 0 bridgehead atoms. The normalized spacial score (nSPS) is 12.4. The summed E-state index contributed by atoms with van der Waals surface area (Å²) in [7, 11) is 0. The molecule has 5 rings (SSSR count). The zero-order valence-corrected chi connectivity index (χ0v) is 17.8. The molecular formula is C22H18N4O5S. The Morgan fingerprint density at radius 2 is 1.91 bits per heavy atom. The fourth-order valence-electron chi connectivity index (χ4n) is 3.09. The highest BCUT2D eigenvalue weighted by Gasteiger charge is 2.15. The Balaban J connectivity index is 1.21. The van der Waals surface area contributed by atoms with E-state index in [-0.39, 0.29) is 12.5 Å². The molecule has 1 amide bonds. The maximum Gasteiger partial charge on any atom is 0.257 e. The van der Waals surface area contributed by atoms with Crippen molar-refractivity contribution in [2.75, 3.05) is 18.5 Å². The molecule has 2 aromatic carbocycles. The number of benzene rings is 2. The minimum absolute atomic E-state index is 0.185. The molecule has 0 saturated heterocycles. The van der Waals surface area contributed by atoms with Gasteiger partial charge in [0.2, 0.25) is 11.7 Å². The minimum atomic E-state index is -0.256. The van der Waals surface area contributed by atoms with Crippen LogP contribution in [0.2, 0.25) is 0 Å². The van der Waals surface area contributed by atoms with Gasteiger partial charge in [0.15, 0.2) is 23.2 Å². The first-order valence-electron chi connectivity index (χ1n) is 9.83. The van der Waals surface area contributed by atoms with Crippen LogP contribution in [-0.4, -0.2) is 34.2 Å². The molecule has 2 aromatic heterocycles. The van der Waals surface area contributed by atoms with Crippen molar-refractivity contribution in [3.05, 3.63) is 65.1 Å². The fraction of sp³-hybridized carbons (Fsp3) is 0.182. The number of aromatic nitrogens is 3. The molecule has 1 aliphatic heterocycles. The number of carbonyl (C=O) groups excluding carboxylic acids is 1. The number of ether oxygens (including phenoxy) is 3. The second kappa shape index (κ2) is 8.67. The number of aryl methyl sites for hydroxylation is 1. The van der Waals surface area contributed by atoms with Crippen molar-refractivity contribution in [2.45, 2.75) is 13.5 Å². The smallest absolute Gasteiger partial charge is 0.257 e. The van der Waals surface area contributed by atoms with Gasteiger partial charge in [-0.2, -0.15) is 4.98 Å². The molecule has 10 heteroatoms. The van der Waals surface area contributed by atoms with E-state index in [1.165, 1.54) is 11.3 Å². The number of amides is 1. The van der Waals surface area contributed by atoms with Gasteiger partial charge in [-0.15, -0.1) is 11.3 Å². The summed E-state index contributed by atoms with van der Waals surface area (Å²) in [6.45, 7) is 2.97. The van der Waals surface area contributed by atoms with Crippen LogP contribution in [0.15, 0.2) is 52.4 Å². The van der Waals surface area contributed by atoms with E-state index in [1.54, 1.807) is 31.2 Å². The van der Waals surface area contributed by atoms with Crippen LogP contribution in [0.1, 0.15) is 22.1 Å². The number of hydrogen-bond acceptors (Lipinski definition) is 9. The van der Waals surface area contributed by atoms with Crippen molar-refractivity contribution < 1.29 is 23.5 Å². The first-order valence-corrected chi connectivity index (χ1v) is 10.7. The summed E-state index contributed by atoms with van der Waals surface area (Å²) in [5.41, 5.74) is 2.14. The van der Waals surface area contributed by atoms with Crippen LogP contribution in [0.5, 0.6) is 17.2 Å². The Kier molecular flexibility index (Phi) is 5.42. The minimum Gasteiger partial charge on any atom is -0.486 e. The van der Waals surface area contributed by atoms with Gasteiger partial charge in [0, 0.05) is 23.4 Å². The number of nitrogens with zero attached hydrogens (tertiary/aromatic N) is 3. The lowest BCUT2D eigenvalue weighted by Crippen LogP contribution is -2.15. The van der Waals surface area contributed by atoms with Crippen LogP contribution in [0, 0.1) is 6.92 Å². The molecule has 9 nitrogen and oxygen atoms in total. The highest BCUT2D eigenvalue weighted by atomic mass is 32.1. The Morgan fingerprint density at radius 1 is 1.09 bits per heavy atom. The van der Waals surface area contributed by atoms with E-state index >= 15 is 0 Å². The van der Waals surface area contributed by atoms with Gasteiger partial charge in [-0.3, -0.25) is 10.1 Å². The summed E-state index contributed by atoms with van der Waals surface area (Å²) in [5, 5.41) is 9.00. The molecule has 0 atom stereocenters. The molecule has 162 valence electrons. The van der Waals surface area contributed by atoms with E-state index in [9.17, 15) is 4.79 Å². The molecule has 0 radical (unpaired) electrons. The predicted molar refractivity (Wildman–Crippen MR) is 116 cm³/mol. The van der Waals surface area contributed by atoms with E-state index in [0.29, 0.717) is 47.1 Å². The number of thiazole rings is 1. The van der Waals surface area contributed by atoms with Crippen LogP contribution in [-0.2, 0) is 6.61 Å². The first-order chi connectivity index (χ1) is 15.6. The van der Waals surface area contributed by atoms with E-state index in [2.05, 4.69) is 20.4 Å². The van der Waals surface area contributed by atoms with Crippen molar-refractivity contribution in [2.24, 2.45) is 0 Å². The average molecular weight is 450 g/mol. The number of hydrogen-bond donors (Lipinski definition) is 1. The highest BCUT2D eigenvalue weighted by molar-refractivity contribution is 7.14. The van der Waals surface area contributed by atoms with E-state index in [4.69, 9.17) is 18.7 Å². The van der Waals surface area contributed by atoms with Gasteiger partial charge >= 0.3 is 0 Å². The number of anilines is 1. The van der Waals surface area contributed by atoms with Crippen molar-refractivity contribution >= 4 is 22.4 Å². The molecule has 0 saturated carbocycles. The van der Waals surface area contributed by atoms with E-state index < -0.39 is 0 Å². The Labute approximate surface area is 187 Å². The van der Waals surface area contributed by atoms with Gasteiger partial charge < -0.3 is 18.7 Å². The zero-order chi connectivity index (χ0) is 21.9. The van der Waals surface area contributed by atoms with Crippen LogP contribution < -0.4 is 19.5 Å². The van der Waals surface area contributed by atoms with Crippen molar-refractivity contribution in [1.29, 1.82) is 0 Å². The number of rotatable bonds is 6. The molecule has 32 heavy (non-hydrogen) atoms.